The Morgan fingerprint density at radius 1 is 1.13 bits per heavy atom. The van der Waals surface area contributed by atoms with Crippen LogP contribution in [0.1, 0.15) is 0 Å². The maximum Gasteiger partial charge on any atom is 0.249 e. The van der Waals surface area contributed by atoms with Crippen molar-refractivity contribution in [2.75, 3.05) is 45.4 Å². The fraction of sp³-hybridized carbons (Fsp3) is 0.600. The minimum atomic E-state index is -0.426. The Hall–Kier alpha value is -1.20. The molecule has 0 N–H and O–H groups in total. The number of anilines is 1. The summed E-state index contributed by atoms with van der Waals surface area (Å²) in [6.07, 6.45) is 0. The molecule has 0 amide bonds. The van der Waals surface area contributed by atoms with Crippen LogP contribution in [0.15, 0.2) is 15.7 Å². The molecule has 0 fully saturated rings. The summed E-state index contributed by atoms with van der Waals surface area (Å²) in [5.41, 5.74) is -0.374. The number of ether oxygens (including phenoxy) is 2. The van der Waals surface area contributed by atoms with Crippen molar-refractivity contribution in [3.05, 3.63) is 26.5 Å². The van der Waals surface area contributed by atoms with Gasteiger partial charge >= 0.3 is 0 Å². The van der Waals surface area contributed by atoms with E-state index in [0.717, 1.165) is 0 Å². The summed E-state index contributed by atoms with van der Waals surface area (Å²) in [5, 5.41) is 0. The lowest BCUT2D eigenvalue weighted by atomic mass is 10.2. The molecule has 0 unspecified atom stereocenters. The van der Waals surface area contributed by atoms with Gasteiger partial charge in [-0.15, -0.1) is 0 Å². The van der Waals surface area contributed by atoms with Gasteiger partial charge in [-0.05, 0) is 0 Å². The van der Waals surface area contributed by atoms with E-state index in [9.17, 15) is 9.59 Å². The Balaban J connectivity index is 2.61. The third-order valence-electron chi connectivity index (χ3n) is 2.20. The summed E-state index contributed by atoms with van der Waals surface area (Å²) in [6.45, 7) is 2.21. The van der Waals surface area contributed by atoms with Crippen LogP contribution in [0.25, 0.3) is 0 Å². The van der Waals surface area contributed by atoms with Crippen LogP contribution < -0.4 is 15.8 Å². The minimum Gasteiger partial charge on any atom is -0.383 e. The molecule has 0 aliphatic rings. The number of methoxy groups -OCH3 is 2. The zero-order chi connectivity index (χ0) is 11.3. The van der Waals surface area contributed by atoms with Gasteiger partial charge in [0.15, 0.2) is 0 Å². The third-order valence-corrected chi connectivity index (χ3v) is 2.20. The van der Waals surface area contributed by atoms with E-state index in [1.807, 2.05) is 0 Å². The third kappa shape index (κ3) is 2.87. The van der Waals surface area contributed by atoms with Crippen LogP contribution in [0, 0.1) is 0 Å². The van der Waals surface area contributed by atoms with Gasteiger partial charge in [-0.25, -0.2) is 0 Å². The van der Waals surface area contributed by atoms with Crippen LogP contribution in [-0.4, -0.2) is 40.5 Å². The maximum atomic E-state index is 11.2. The van der Waals surface area contributed by atoms with Crippen LogP contribution in [0.2, 0.25) is 0 Å². The molecule has 0 aliphatic carbocycles. The Bertz CT molecular complexity index is 359. The van der Waals surface area contributed by atoms with E-state index in [1.165, 1.54) is 6.07 Å². The van der Waals surface area contributed by atoms with Crippen LogP contribution in [-0.2, 0) is 9.47 Å². The van der Waals surface area contributed by atoms with Crippen molar-refractivity contribution in [2.24, 2.45) is 0 Å². The highest BCUT2D eigenvalue weighted by Crippen LogP contribution is 2.05. The molecule has 1 rings (SSSR count). The highest BCUT2D eigenvalue weighted by atomic mass is 16.5. The number of hydrogen-bond acceptors (Lipinski definition) is 5. The van der Waals surface area contributed by atoms with Gasteiger partial charge in [-0.2, -0.15) is 0 Å². The molecule has 0 bridgehead atoms. The topological polar surface area (TPSA) is 55.8 Å². The first-order chi connectivity index (χ1) is 7.20. The lowest BCUT2D eigenvalue weighted by Gasteiger charge is -2.23. The van der Waals surface area contributed by atoms with Crippen molar-refractivity contribution in [1.82, 2.24) is 0 Å². The van der Waals surface area contributed by atoms with Gasteiger partial charge < -0.3 is 14.4 Å². The van der Waals surface area contributed by atoms with Crippen LogP contribution in [0.3, 0.4) is 0 Å². The molecule has 5 heteroatoms. The highest BCUT2D eigenvalue weighted by molar-refractivity contribution is 5.50. The Morgan fingerprint density at radius 2 is 1.67 bits per heavy atom. The average Bonchev–Trinajstić information content (AvgIpc) is 2.26. The van der Waals surface area contributed by atoms with Gasteiger partial charge in [0.2, 0.25) is 10.9 Å². The van der Waals surface area contributed by atoms with Crippen LogP contribution >= 0.6 is 0 Å². The summed E-state index contributed by atoms with van der Waals surface area (Å²) in [5.74, 6) is 0. The number of hydrogen-bond donors (Lipinski definition) is 0. The molecule has 0 heterocycles. The quantitative estimate of drug-likeness (QED) is 0.565. The molecule has 0 spiro atoms. The molecule has 0 saturated heterocycles. The second-order valence-corrected chi connectivity index (χ2v) is 3.20. The molecule has 1 aromatic rings. The van der Waals surface area contributed by atoms with Gasteiger partial charge in [0, 0.05) is 33.4 Å². The molecule has 0 saturated carbocycles. The minimum absolute atomic E-state index is 0.415. The lowest BCUT2D eigenvalue weighted by molar-refractivity contribution is 0.190. The molecule has 5 nitrogen and oxygen atoms in total. The van der Waals surface area contributed by atoms with E-state index in [1.54, 1.807) is 19.1 Å². The summed E-state index contributed by atoms with van der Waals surface area (Å²) in [4.78, 5) is 23.8. The predicted molar refractivity (Wildman–Crippen MR) is 57.3 cm³/mol. The summed E-state index contributed by atoms with van der Waals surface area (Å²) < 4.78 is 9.85. The van der Waals surface area contributed by atoms with E-state index in [4.69, 9.17) is 9.47 Å². The van der Waals surface area contributed by atoms with Crippen molar-refractivity contribution in [1.29, 1.82) is 0 Å². The van der Waals surface area contributed by atoms with E-state index in [2.05, 4.69) is 0 Å². The standard InChI is InChI=1S/C10H15NO4/c1-14-5-3-11(4-6-15-2)8-7-9(12)10(8)13/h7H,3-6H2,1-2H3. The second kappa shape index (κ2) is 5.63. The zero-order valence-corrected chi connectivity index (χ0v) is 8.99. The highest BCUT2D eigenvalue weighted by Gasteiger charge is 2.16. The summed E-state index contributed by atoms with van der Waals surface area (Å²) in [6, 6.07) is 1.35. The Labute approximate surface area is 87.9 Å². The molecule has 84 valence electrons. The van der Waals surface area contributed by atoms with Crippen LogP contribution in [0.4, 0.5) is 5.69 Å². The van der Waals surface area contributed by atoms with E-state index < -0.39 is 10.9 Å². The van der Waals surface area contributed by atoms with Gasteiger partial charge in [0.25, 0.3) is 0 Å². The second-order valence-electron chi connectivity index (χ2n) is 3.20. The molecule has 0 radical (unpaired) electrons. The van der Waals surface area contributed by atoms with Crippen molar-refractivity contribution in [3.63, 3.8) is 0 Å². The molecule has 15 heavy (non-hydrogen) atoms. The molecule has 0 aliphatic heterocycles. The van der Waals surface area contributed by atoms with Gasteiger partial charge in [0.05, 0.1) is 18.9 Å². The van der Waals surface area contributed by atoms with Gasteiger partial charge in [0.1, 0.15) is 0 Å². The lowest BCUT2D eigenvalue weighted by Crippen LogP contribution is -2.42. The molecule has 0 aromatic heterocycles. The average molecular weight is 213 g/mol. The first-order valence-corrected chi connectivity index (χ1v) is 4.74. The molecular weight excluding hydrogens is 198 g/mol. The summed E-state index contributed by atoms with van der Waals surface area (Å²) >= 11 is 0. The van der Waals surface area contributed by atoms with Crippen molar-refractivity contribution < 1.29 is 9.47 Å². The van der Waals surface area contributed by atoms with Crippen molar-refractivity contribution in [2.45, 2.75) is 0 Å². The Kier molecular flexibility index (Phi) is 4.45. The number of rotatable bonds is 7. The monoisotopic (exact) mass is 213 g/mol. The smallest absolute Gasteiger partial charge is 0.249 e. The van der Waals surface area contributed by atoms with E-state index >= 15 is 0 Å². The Morgan fingerprint density at radius 3 is 2.00 bits per heavy atom. The first-order valence-electron chi connectivity index (χ1n) is 4.74. The largest absolute Gasteiger partial charge is 0.383 e. The number of nitrogens with zero attached hydrogens (tertiary/aromatic N) is 1. The first kappa shape index (κ1) is 11.9. The van der Waals surface area contributed by atoms with Gasteiger partial charge in [-0.1, -0.05) is 0 Å². The van der Waals surface area contributed by atoms with Crippen molar-refractivity contribution in [3.8, 4) is 0 Å². The molecular formula is C10H15NO4. The summed E-state index contributed by atoms with van der Waals surface area (Å²) in [7, 11) is 3.19. The molecule has 0 atom stereocenters. The maximum absolute atomic E-state index is 11.2. The fourth-order valence-corrected chi connectivity index (χ4v) is 1.29. The zero-order valence-electron chi connectivity index (χ0n) is 8.99. The van der Waals surface area contributed by atoms with E-state index in [0.29, 0.717) is 32.0 Å². The normalized spacial score (nSPS) is 10.8. The fourth-order valence-electron chi connectivity index (χ4n) is 1.29. The van der Waals surface area contributed by atoms with E-state index in [-0.39, 0.29) is 0 Å². The van der Waals surface area contributed by atoms with Crippen LogP contribution in [0.5, 0.6) is 0 Å². The predicted octanol–water partition coefficient (Wildman–Crippen LogP) is -0.618. The van der Waals surface area contributed by atoms with Crippen molar-refractivity contribution >= 4 is 5.69 Å². The SMILES string of the molecule is COCCN(CCOC)c1cc(=O)c1=O. The molecule has 1 aromatic carbocycles. The van der Waals surface area contributed by atoms with Gasteiger partial charge in [-0.3, -0.25) is 9.59 Å².